The van der Waals surface area contributed by atoms with E-state index >= 15 is 0 Å². The zero-order chi connectivity index (χ0) is 40.3. The molecule has 2 heteroatoms. The molecule has 0 N–H and O–H groups in total. The number of nitrogens with zero attached hydrogens (tertiary/aromatic N) is 2. The first kappa shape index (κ1) is 35.0. The Labute approximate surface area is 355 Å². The maximum absolute atomic E-state index is 5.35. The highest BCUT2D eigenvalue weighted by Crippen LogP contribution is 2.56. The molecule has 12 rings (SSSR count). The van der Waals surface area contributed by atoms with E-state index in [4.69, 9.17) is 9.97 Å². The van der Waals surface area contributed by atoms with Crippen molar-refractivity contribution in [2.45, 2.75) is 5.41 Å². The van der Waals surface area contributed by atoms with Crippen molar-refractivity contribution in [1.29, 1.82) is 0 Å². The second-order valence-electron chi connectivity index (χ2n) is 16.0. The number of benzene rings is 10. The van der Waals surface area contributed by atoms with Crippen LogP contribution in [0.4, 0.5) is 0 Å². The van der Waals surface area contributed by atoms with Crippen LogP contribution in [-0.4, -0.2) is 9.97 Å². The van der Waals surface area contributed by atoms with Crippen molar-refractivity contribution in [3.8, 4) is 56.2 Å². The third-order valence-electron chi connectivity index (χ3n) is 12.7. The molecule has 0 unspecified atom stereocenters. The van der Waals surface area contributed by atoms with Gasteiger partial charge in [-0.05, 0) is 101 Å². The largest absolute Gasteiger partial charge is 0.228 e. The van der Waals surface area contributed by atoms with E-state index in [1.54, 1.807) is 0 Å². The molecule has 0 saturated heterocycles. The molecule has 1 heterocycles. The van der Waals surface area contributed by atoms with Crippen LogP contribution in [0.1, 0.15) is 22.3 Å². The zero-order valence-electron chi connectivity index (χ0n) is 33.3. The lowest BCUT2D eigenvalue weighted by Crippen LogP contribution is -2.28. The van der Waals surface area contributed by atoms with E-state index in [1.165, 1.54) is 65.7 Å². The Morgan fingerprint density at radius 2 is 0.738 bits per heavy atom. The fraction of sp³-hybridized carbons (Fsp3) is 0.0169. The number of fused-ring (bicyclic) bond motifs is 9. The molecule has 284 valence electrons. The smallest absolute Gasteiger partial charge is 0.160 e. The van der Waals surface area contributed by atoms with Gasteiger partial charge in [-0.1, -0.05) is 206 Å². The predicted octanol–water partition coefficient (Wildman–Crippen LogP) is 15.0. The lowest BCUT2D eigenvalue weighted by Gasteiger charge is -2.33. The molecule has 1 aliphatic rings. The first-order chi connectivity index (χ1) is 30.2. The van der Waals surface area contributed by atoms with Crippen LogP contribution < -0.4 is 0 Å². The molecular weight excluding hydrogens is 737 g/mol. The highest BCUT2D eigenvalue weighted by Gasteiger charge is 2.45. The molecule has 10 aromatic carbocycles. The molecule has 0 radical (unpaired) electrons. The molecule has 0 amide bonds. The molecule has 0 spiro atoms. The van der Waals surface area contributed by atoms with E-state index in [-0.39, 0.29) is 0 Å². The summed E-state index contributed by atoms with van der Waals surface area (Å²) in [6.07, 6.45) is 0. The standard InChI is InChI=1S/C59H38N2/c1-4-17-39(18-5-1)56-38-57(42-31-33-50-48-27-11-10-25-46(48)47-26-12-13-28-49(47)52(50)37-42)61-58(60-56)43-20-16-19-40(35-43)41-32-34-55-53(36-41)51-29-14-15-30-54(51)59(55,44-21-6-2-7-22-44)45-23-8-3-9-24-45/h1-38H. The van der Waals surface area contributed by atoms with Crippen molar-refractivity contribution >= 4 is 32.3 Å². The van der Waals surface area contributed by atoms with Gasteiger partial charge in [-0.25, -0.2) is 9.97 Å². The van der Waals surface area contributed by atoms with Crippen LogP contribution in [-0.2, 0) is 5.41 Å². The third kappa shape index (κ3) is 5.57. The van der Waals surface area contributed by atoms with Crippen molar-refractivity contribution < 1.29 is 0 Å². The van der Waals surface area contributed by atoms with Gasteiger partial charge in [0.1, 0.15) is 0 Å². The average Bonchev–Trinajstić information content (AvgIpc) is 3.65. The molecule has 0 aliphatic heterocycles. The van der Waals surface area contributed by atoms with Crippen LogP contribution in [0.3, 0.4) is 0 Å². The summed E-state index contributed by atoms with van der Waals surface area (Å²) in [6, 6.07) is 83.4. The van der Waals surface area contributed by atoms with Crippen LogP contribution in [0.15, 0.2) is 231 Å². The summed E-state index contributed by atoms with van der Waals surface area (Å²) in [5.41, 5.74) is 14.4. The van der Waals surface area contributed by atoms with Crippen molar-refractivity contribution in [3.05, 3.63) is 253 Å². The number of aromatic nitrogens is 2. The maximum atomic E-state index is 5.35. The molecule has 11 aromatic rings. The van der Waals surface area contributed by atoms with Crippen LogP contribution in [0.25, 0.3) is 88.5 Å². The van der Waals surface area contributed by atoms with Gasteiger partial charge in [0.15, 0.2) is 5.82 Å². The maximum Gasteiger partial charge on any atom is 0.160 e. The van der Waals surface area contributed by atoms with Crippen LogP contribution >= 0.6 is 0 Å². The monoisotopic (exact) mass is 774 g/mol. The Hall–Kier alpha value is -7.94. The van der Waals surface area contributed by atoms with Crippen molar-refractivity contribution in [3.63, 3.8) is 0 Å². The molecule has 61 heavy (non-hydrogen) atoms. The molecule has 1 aromatic heterocycles. The molecular formula is C59H38N2. The zero-order valence-corrected chi connectivity index (χ0v) is 33.3. The van der Waals surface area contributed by atoms with Gasteiger partial charge in [-0.3, -0.25) is 0 Å². The van der Waals surface area contributed by atoms with Crippen LogP contribution in [0.5, 0.6) is 0 Å². The van der Waals surface area contributed by atoms with E-state index in [0.717, 1.165) is 39.2 Å². The fourth-order valence-corrected chi connectivity index (χ4v) is 10.0. The van der Waals surface area contributed by atoms with Gasteiger partial charge >= 0.3 is 0 Å². The minimum absolute atomic E-state index is 0.431. The van der Waals surface area contributed by atoms with Gasteiger partial charge in [0.2, 0.25) is 0 Å². The van der Waals surface area contributed by atoms with Crippen LogP contribution in [0, 0.1) is 0 Å². The first-order valence-electron chi connectivity index (χ1n) is 21.0. The SMILES string of the molecule is c1ccc(-c2cc(-c3ccc4c5ccccc5c5ccccc5c4c3)nc(-c3cccc(-c4ccc5c(c4)-c4ccccc4C5(c4ccccc4)c4ccccc4)c3)n2)cc1. The van der Waals surface area contributed by atoms with Gasteiger partial charge in [-0.15, -0.1) is 0 Å². The molecule has 0 bridgehead atoms. The molecule has 0 atom stereocenters. The summed E-state index contributed by atoms with van der Waals surface area (Å²) in [5.74, 6) is 0.695. The van der Waals surface area contributed by atoms with E-state index in [9.17, 15) is 0 Å². The van der Waals surface area contributed by atoms with E-state index < -0.39 is 5.41 Å². The summed E-state index contributed by atoms with van der Waals surface area (Å²) < 4.78 is 0. The quantitative estimate of drug-likeness (QED) is 0.157. The second kappa shape index (κ2) is 14.1. The molecule has 0 saturated carbocycles. The Balaban J connectivity index is 1.01. The van der Waals surface area contributed by atoms with Crippen molar-refractivity contribution in [2.75, 3.05) is 0 Å². The van der Waals surface area contributed by atoms with E-state index in [2.05, 4.69) is 224 Å². The van der Waals surface area contributed by atoms with Crippen molar-refractivity contribution in [2.24, 2.45) is 0 Å². The topological polar surface area (TPSA) is 25.8 Å². The lowest BCUT2D eigenvalue weighted by molar-refractivity contribution is 0.768. The Bertz CT molecular complexity index is 3390. The number of rotatable bonds is 6. The lowest BCUT2D eigenvalue weighted by atomic mass is 9.67. The molecule has 0 fully saturated rings. The summed E-state index contributed by atoms with van der Waals surface area (Å²) in [7, 11) is 0. The van der Waals surface area contributed by atoms with Gasteiger partial charge < -0.3 is 0 Å². The minimum Gasteiger partial charge on any atom is -0.228 e. The van der Waals surface area contributed by atoms with Gasteiger partial charge in [-0.2, -0.15) is 0 Å². The number of hydrogen-bond donors (Lipinski definition) is 0. The van der Waals surface area contributed by atoms with Gasteiger partial charge in [0.05, 0.1) is 16.8 Å². The number of hydrogen-bond acceptors (Lipinski definition) is 2. The van der Waals surface area contributed by atoms with E-state index in [0.29, 0.717) is 5.82 Å². The summed E-state index contributed by atoms with van der Waals surface area (Å²) in [5, 5.41) is 7.49. The fourth-order valence-electron chi connectivity index (χ4n) is 10.0. The van der Waals surface area contributed by atoms with Gasteiger partial charge in [0, 0.05) is 16.7 Å². The minimum atomic E-state index is -0.431. The van der Waals surface area contributed by atoms with E-state index in [1.807, 2.05) is 6.07 Å². The highest BCUT2D eigenvalue weighted by molar-refractivity contribution is 6.25. The highest BCUT2D eigenvalue weighted by atomic mass is 14.9. The Kier molecular flexibility index (Phi) is 8.11. The summed E-state index contributed by atoms with van der Waals surface area (Å²) in [6.45, 7) is 0. The average molecular weight is 775 g/mol. The Morgan fingerprint density at radius 1 is 0.262 bits per heavy atom. The Morgan fingerprint density at radius 3 is 1.41 bits per heavy atom. The second-order valence-corrected chi connectivity index (χ2v) is 16.0. The van der Waals surface area contributed by atoms with Crippen molar-refractivity contribution in [1.82, 2.24) is 9.97 Å². The summed E-state index contributed by atoms with van der Waals surface area (Å²) >= 11 is 0. The first-order valence-corrected chi connectivity index (χ1v) is 21.0. The van der Waals surface area contributed by atoms with Gasteiger partial charge in [0.25, 0.3) is 0 Å². The summed E-state index contributed by atoms with van der Waals surface area (Å²) in [4.78, 5) is 10.6. The molecule has 2 nitrogen and oxygen atoms in total. The third-order valence-corrected chi connectivity index (χ3v) is 12.7. The molecule has 1 aliphatic carbocycles. The van der Waals surface area contributed by atoms with Crippen LogP contribution in [0.2, 0.25) is 0 Å². The predicted molar refractivity (Wildman–Crippen MR) is 254 cm³/mol. The normalized spacial score (nSPS) is 12.7.